The maximum atomic E-state index is 13.0. The molecule has 1 saturated heterocycles. The molecule has 1 amide bonds. The normalized spacial score (nSPS) is 21.0. The van der Waals surface area contributed by atoms with E-state index >= 15 is 0 Å². The smallest absolute Gasteiger partial charge is 0.227 e. The fraction of sp³-hybridized carbons (Fsp3) is 0.591. The zero-order valence-electron chi connectivity index (χ0n) is 16.7. The van der Waals surface area contributed by atoms with Crippen LogP contribution >= 0.6 is 0 Å². The number of hydrogen-bond acceptors (Lipinski definition) is 3. The molecule has 5 nitrogen and oxygen atoms in total. The summed E-state index contributed by atoms with van der Waals surface area (Å²) in [5, 5.41) is 8.69. The van der Waals surface area contributed by atoms with E-state index in [9.17, 15) is 4.79 Å². The van der Waals surface area contributed by atoms with Gasteiger partial charge in [0.2, 0.25) is 5.91 Å². The lowest BCUT2D eigenvalue weighted by molar-refractivity contribution is -0.130. The molecule has 1 aromatic carbocycles. The minimum Gasteiger partial charge on any atom is -0.341 e. The Kier molecular flexibility index (Phi) is 4.79. The zero-order chi connectivity index (χ0) is 19.0. The molecule has 1 aliphatic heterocycles. The third-order valence-corrected chi connectivity index (χ3v) is 6.34. The summed E-state index contributed by atoms with van der Waals surface area (Å²) in [4.78, 5) is 15.1. The summed E-state index contributed by atoms with van der Waals surface area (Å²) in [6, 6.07) is 8.30. The fourth-order valence-corrected chi connectivity index (χ4v) is 4.71. The molecule has 2 aliphatic rings. The summed E-state index contributed by atoms with van der Waals surface area (Å²) >= 11 is 0. The van der Waals surface area contributed by atoms with Crippen LogP contribution in [0.2, 0.25) is 0 Å². The highest BCUT2D eigenvalue weighted by Crippen LogP contribution is 2.55. The molecule has 2 aromatic rings. The first-order chi connectivity index (χ1) is 13.0. The van der Waals surface area contributed by atoms with Gasteiger partial charge in [0.05, 0.1) is 6.42 Å². The van der Waals surface area contributed by atoms with Gasteiger partial charge < -0.3 is 9.47 Å². The van der Waals surface area contributed by atoms with Crippen molar-refractivity contribution in [1.82, 2.24) is 19.7 Å². The lowest BCUT2D eigenvalue weighted by atomic mass is 9.62. The van der Waals surface area contributed by atoms with Crippen LogP contribution in [0.15, 0.2) is 30.6 Å². The molecule has 2 heterocycles. The highest BCUT2D eigenvalue weighted by Gasteiger charge is 2.53. The number of aryl methyl sites for hydroxylation is 1. The fourth-order valence-electron chi connectivity index (χ4n) is 4.71. The van der Waals surface area contributed by atoms with E-state index in [2.05, 4.69) is 64.7 Å². The summed E-state index contributed by atoms with van der Waals surface area (Å²) in [7, 11) is 0. The van der Waals surface area contributed by atoms with Gasteiger partial charge in [-0.1, -0.05) is 50.1 Å². The van der Waals surface area contributed by atoms with Crippen LogP contribution in [-0.4, -0.2) is 38.7 Å². The van der Waals surface area contributed by atoms with Crippen LogP contribution in [0.4, 0.5) is 0 Å². The Morgan fingerprint density at radius 3 is 2.63 bits per heavy atom. The lowest BCUT2D eigenvalue weighted by Gasteiger charge is -2.42. The van der Waals surface area contributed by atoms with Gasteiger partial charge in [0, 0.05) is 25.6 Å². The van der Waals surface area contributed by atoms with E-state index < -0.39 is 0 Å². The van der Waals surface area contributed by atoms with Crippen molar-refractivity contribution in [2.45, 2.75) is 58.9 Å². The average molecular weight is 367 g/mol. The van der Waals surface area contributed by atoms with Crippen LogP contribution < -0.4 is 0 Å². The first-order valence-corrected chi connectivity index (χ1v) is 10.2. The van der Waals surface area contributed by atoms with Crippen molar-refractivity contribution in [3.63, 3.8) is 0 Å². The van der Waals surface area contributed by atoms with Crippen LogP contribution in [0.5, 0.6) is 0 Å². The molecule has 1 unspecified atom stereocenters. The summed E-state index contributed by atoms with van der Waals surface area (Å²) in [6.07, 6.45) is 6.00. The monoisotopic (exact) mass is 366 g/mol. The Hall–Kier alpha value is -2.17. The maximum Gasteiger partial charge on any atom is 0.227 e. The van der Waals surface area contributed by atoms with Crippen LogP contribution in [-0.2, 0) is 17.8 Å². The second kappa shape index (κ2) is 7.10. The number of aromatic nitrogens is 3. The number of amides is 1. The first kappa shape index (κ1) is 18.2. The number of carbonyl (C=O) groups excluding carboxylic acids is 1. The summed E-state index contributed by atoms with van der Waals surface area (Å²) in [5.41, 5.74) is 2.54. The van der Waals surface area contributed by atoms with Gasteiger partial charge in [0.1, 0.15) is 12.2 Å². The average Bonchev–Trinajstić information content (AvgIpc) is 3.20. The second-order valence-corrected chi connectivity index (χ2v) is 8.94. The Bertz CT molecular complexity index is 804. The van der Waals surface area contributed by atoms with Crippen LogP contribution in [0.25, 0.3) is 0 Å². The third-order valence-electron chi connectivity index (χ3n) is 6.34. The van der Waals surface area contributed by atoms with Gasteiger partial charge in [-0.2, -0.15) is 0 Å². The van der Waals surface area contributed by atoms with E-state index in [0.29, 0.717) is 18.3 Å². The molecule has 144 valence electrons. The molecule has 2 fully saturated rings. The molecular weight excluding hydrogens is 336 g/mol. The summed E-state index contributed by atoms with van der Waals surface area (Å²) in [5.74, 6) is 2.18. The summed E-state index contributed by atoms with van der Waals surface area (Å²) in [6.45, 7) is 9.10. The Morgan fingerprint density at radius 2 is 2.00 bits per heavy atom. The van der Waals surface area contributed by atoms with Gasteiger partial charge in [-0.15, -0.1) is 10.2 Å². The minimum absolute atomic E-state index is 0.213. The van der Waals surface area contributed by atoms with E-state index in [1.54, 1.807) is 0 Å². The highest BCUT2D eigenvalue weighted by atomic mass is 16.2. The second-order valence-electron chi connectivity index (χ2n) is 8.94. The Balaban J connectivity index is 1.52. The van der Waals surface area contributed by atoms with Gasteiger partial charge in [0.15, 0.2) is 0 Å². The number of carbonyl (C=O) groups is 1. The van der Waals surface area contributed by atoms with Gasteiger partial charge in [0.25, 0.3) is 0 Å². The quantitative estimate of drug-likeness (QED) is 0.813. The molecule has 1 atom stereocenters. The van der Waals surface area contributed by atoms with Crippen LogP contribution in [0.1, 0.15) is 56.0 Å². The molecule has 1 saturated carbocycles. The number of hydrogen-bond donors (Lipinski definition) is 0. The summed E-state index contributed by atoms with van der Waals surface area (Å²) < 4.78 is 2.21. The van der Waals surface area contributed by atoms with Crippen molar-refractivity contribution in [3.05, 3.63) is 47.5 Å². The zero-order valence-corrected chi connectivity index (χ0v) is 16.7. The Morgan fingerprint density at radius 1 is 1.26 bits per heavy atom. The first-order valence-electron chi connectivity index (χ1n) is 10.2. The van der Waals surface area contributed by atoms with Crippen LogP contribution in [0.3, 0.4) is 0 Å². The standard InChI is InChI=1S/C22H30N4O/c1-16(2)12-26-15-23-24-21(26)19-13-25(14-22(19)9-4-10-22)20(27)11-18-7-5-17(3)6-8-18/h5-8,15-16,19H,4,9-14H2,1-3H3. The molecule has 0 radical (unpaired) electrons. The number of benzene rings is 1. The SMILES string of the molecule is Cc1ccc(CC(=O)N2CC(c3nncn3CC(C)C)C3(CCC3)C2)cc1. The number of rotatable bonds is 5. The number of likely N-dealkylation sites (tertiary alicyclic amines) is 1. The van der Waals surface area contributed by atoms with Crippen molar-refractivity contribution in [1.29, 1.82) is 0 Å². The molecule has 1 spiro atoms. The van der Waals surface area contributed by atoms with Gasteiger partial charge in [-0.05, 0) is 36.7 Å². The van der Waals surface area contributed by atoms with Crippen molar-refractivity contribution in [2.75, 3.05) is 13.1 Å². The van der Waals surface area contributed by atoms with Gasteiger partial charge in [-0.3, -0.25) is 4.79 Å². The number of nitrogens with zero attached hydrogens (tertiary/aromatic N) is 4. The molecular formula is C22H30N4O. The van der Waals surface area contributed by atoms with E-state index in [1.165, 1.54) is 24.8 Å². The van der Waals surface area contributed by atoms with Crippen LogP contribution in [0, 0.1) is 18.3 Å². The highest BCUT2D eigenvalue weighted by molar-refractivity contribution is 5.79. The molecule has 1 aromatic heterocycles. The van der Waals surface area contributed by atoms with Crippen molar-refractivity contribution in [2.24, 2.45) is 11.3 Å². The predicted octanol–water partition coefficient (Wildman–Crippen LogP) is 3.58. The Labute approximate surface area is 161 Å². The van der Waals surface area contributed by atoms with Crippen molar-refractivity contribution >= 4 is 5.91 Å². The minimum atomic E-state index is 0.213. The predicted molar refractivity (Wildman–Crippen MR) is 105 cm³/mol. The molecule has 4 rings (SSSR count). The maximum absolute atomic E-state index is 13.0. The largest absolute Gasteiger partial charge is 0.341 e. The van der Waals surface area contributed by atoms with E-state index in [1.807, 2.05) is 6.33 Å². The van der Waals surface area contributed by atoms with E-state index in [-0.39, 0.29) is 11.3 Å². The third kappa shape index (κ3) is 3.52. The molecule has 0 bridgehead atoms. The van der Waals surface area contributed by atoms with Crippen molar-refractivity contribution in [3.8, 4) is 0 Å². The van der Waals surface area contributed by atoms with Gasteiger partial charge >= 0.3 is 0 Å². The molecule has 27 heavy (non-hydrogen) atoms. The molecule has 1 aliphatic carbocycles. The van der Waals surface area contributed by atoms with Gasteiger partial charge in [-0.25, -0.2) is 0 Å². The van der Waals surface area contributed by atoms with E-state index in [0.717, 1.165) is 31.0 Å². The molecule has 0 N–H and O–H groups in total. The topological polar surface area (TPSA) is 51.0 Å². The molecule has 5 heteroatoms. The lowest BCUT2D eigenvalue weighted by Crippen LogP contribution is -2.38. The van der Waals surface area contributed by atoms with Crippen molar-refractivity contribution < 1.29 is 4.79 Å². The van der Waals surface area contributed by atoms with E-state index in [4.69, 9.17) is 0 Å².